The number of hydrogen-bond donors (Lipinski definition) is 2. The van der Waals surface area contributed by atoms with Crippen molar-refractivity contribution in [3.8, 4) is 0 Å². The first kappa shape index (κ1) is 8.53. The van der Waals surface area contributed by atoms with Gasteiger partial charge < -0.3 is 10.2 Å². The Morgan fingerprint density at radius 1 is 1.73 bits per heavy atom. The van der Waals surface area contributed by atoms with Crippen LogP contribution in [0.1, 0.15) is 26.2 Å². The van der Waals surface area contributed by atoms with E-state index in [9.17, 15) is 4.79 Å². The van der Waals surface area contributed by atoms with Crippen molar-refractivity contribution in [2.75, 3.05) is 6.61 Å². The van der Waals surface area contributed by atoms with Gasteiger partial charge in [-0.15, -0.1) is 0 Å². The lowest BCUT2D eigenvalue weighted by Crippen LogP contribution is -2.24. The fraction of sp³-hybridized carbons (Fsp3) is 0.875. The number of aliphatic hydroxyl groups is 1. The predicted octanol–water partition coefficient (Wildman–Crippen LogP) is 0.870. The highest BCUT2D eigenvalue weighted by Gasteiger charge is 2.40. The van der Waals surface area contributed by atoms with Crippen molar-refractivity contribution in [2.24, 2.45) is 11.3 Å². The molecule has 0 aromatic carbocycles. The van der Waals surface area contributed by atoms with Gasteiger partial charge in [-0.25, -0.2) is 0 Å². The third-order valence-electron chi connectivity index (χ3n) is 2.62. The molecule has 1 aliphatic rings. The summed E-state index contributed by atoms with van der Waals surface area (Å²) < 4.78 is 0. The van der Waals surface area contributed by atoms with Crippen LogP contribution in [0.5, 0.6) is 0 Å². The molecule has 0 aliphatic heterocycles. The molecule has 1 fully saturated rings. The maximum Gasteiger partial charge on any atom is 0.309 e. The Kier molecular flexibility index (Phi) is 2.18. The van der Waals surface area contributed by atoms with Crippen LogP contribution in [-0.4, -0.2) is 22.8 Å². The highest BCUT2D eigenvalue weighted by atomic mass is 16.4. The van der Waals surface area contributed by atoms with Gasteiger partial charge in [-0.2, -0.15) is 0 Å². The van der Waals surface area contributed by atoms with E-state index in [0.29, 0.717) is 12.8 Å². The second-order valence-corrected chi connectivity index (χ2v) is 3.66. The molecule has 2 atom stereocenters. The van der Waals surface area contributed by atoms with Crippen molar-refractivity contribution in [3.63, 3.8) is 0 Å². The summed E-state index contributed by atoms with van der Waals surface area (Å²) in [7, 11) is 0. The molecule has 1 aliphatic carbocycles. The number of carboxylic acid groups (broad SMARTS) is 1. The maximum absolute atomic E-state index is 10.7. The van der Waals surface area contributed by atoms with Crippen molar-refractivity contribution in [3.05, 3.63) is 0 Å². The molecule has 3 nitrogen and oxygen atoms in total. The van der Waals surface area contributed by atoms with E-state index < -0.39 is 11.4 Å². The summed E-state index contributed by atoms with van der Waals surface area (Å²) in [6.45, 7) is 1.88. The van der Waals surface area contributed by atoms with Gasteiger partial charge in [0.15, 0.2) is 0 Å². The zero-order chi connectivity index (χ0) is 8.48. The summed E-state index contributed by atoms with van der Waals surface area (Å²) in [5, 5.41) is 17.6. The first-order valence-electron chi connectivity index (χ1n) is 3.93. The Morgan fingerprint density at radius 3 is 2.64 bits per heavy atom. The topological polar surface area (TPSA) is 57.5 Å². The van der Waals surface area contributed by atoms with Crippen LogP contribution >= 0.6 is 0 Å². The number of carbonyl (C=O) groups is 1. The predicted molar refractivity (Wildman–Crippen MR) is 40.2 cm³/mol. The molecule has 2 N–H and O–H groups in total. The molecule has 64 valence electrons. The van der Waals surface area contributed by atoms with E-state index in [1.807, 2.05) is 0 Å². The molecule has 3 heteroatoms. The summed E-state index contributed by atoms with van der Waals surface area (Å²) >= 11 is 0. The van der Waals surface area contributed by atoms with Gasteiger partial charge in [-0.1, -0.05) is 0 Å². The quantitative estimate of drug-likeness (QED) is 0.627. The number of hydrogen-bond acceptors (Lipinski definition) is 2. The van der Waals surface area contributed by atoms with Crippen LogP contribution in [0, 0.1) is 11.3 Å². The van der Waals surface area contributed by atoms with Crippen molar-refractivity contribution >= 4 is 5.97 Å². The summed E-state index contributed by atoms with van der Waals surface area (Å²) in [4.78, 5) is 10.7. The minimum atomic E-state index is -0.728. The van der Waals surface area contributed by atoms with Crippen molar-refractivity contribution in [1.29, 1.82) is 0 Å². The molecule has 0 aromatic heterocycles. The lowest BCUT2D eigenvalue weighted by molar-refractivity contribution is -0.147. The summed E-state index contributed by atoms with van der Waals surface area (Å²) in [5.74, 6) is -0.524. The molecule has 0 unspecified atom stereocenters. The van der Waals surface area contributed by atoms with E-state index in [4.69, 9.17) is 10.2 Å². The van der Waals surface area contributed by atoms with Gasteiger partial charge in [-0.05, 0) is 32.1 Å². The number of carboxylic acids is 1. The molecule has 0 aromatic rings. The molecule has 0 bridgehead atoms. The minimum absolute atomic E-state index is 0.128. The first-order valence-corrected chi connectivity index (χ1v) is 3.93. The average molecular weight is 158 g/mol. The molecule has 0 spiro atoms. The number of aliphatic carboxylic acids is 1. The Morgan fingerprint density at radius 2 is 2.36 bits per heavy atom. The van der Waals surface area contributed by atoms with Crippen LogP contribution in [0.3, 0.4) is 0 Å². The van der Waals surface area contributed by atoms with Crippen LogP contribution in [0.4, 0.5) is 0 Å². The normalized spacial score (nSPS) is 37.5. The second kappa shape index (κ2) is 2.81. The van der Waals surface area contributed by atoms with Gasteiger partial charge in [-0.3, -0.25) is 4.79 Å². The molecule has 1 saturated carbocycles. The largest absolute Gasteiger partial charge is 0.481 e. The van der Waals surface area contributed by atoms with Crippen molar-refractivity contribution < 1.29 is 15.0 Å². The fourth-order valence-corrected chi connectivity index (χ4v) is 1.71. The molecule has 0 radical (unpaired) electrons. The van der Waals surface area contributed by atoms with Crippen LogP contribution in [0.2, 0.25) is 0 Å². The van der Waals surface area contributed by atoms with Crippen LogP contribution in [0.25, 0.3) is 0 Å². The van der Waals surface area contributed by atoms with Crippen molar-refractivity contribution in [2.45, 2.75) is 26.2 Å². The highest BCUT2D eigenvalue weighted by Crippen LogP contribution is 2.41. The Balaban J connectivity index is 2.57. The molecule has 0 heterocycles. The molecule has 11 heavy (non-hydrogen) atoms. The zero-order valence-electron chi connectivity index (χ0n) is 6.71. The van der Waals surface area contributed by atoms with Crippen LogP contribution in [-0.2, 0) is 4.79 Å². The van der Waals surface area contributed by atoms with Gasteiger partial charge in [0.05, 0.1) is 5.41 Å². The van der Waals surface area contributed by atoms with E-state index in [-0.39, 0.29) is 12.5 Å². The smallest absolute Gasteiger partial charge is 0.309 e. The molecular weight excluding hydrogens is 144 g/mol. The third kappa shape index (κ3) is 1.53. The zero-order valence-corrected chi connectivity index (χ0v) is 6.71. The Labute approximate surface area is 66.0 Å². The standard InChI is InChI=1S/C8H14O3/c1-8(7(10)11)3-2-6(4-8)5-9/h6,9H,2-5H2,1H3,(H,10,11)/t6-,8+/m1/s1. The second-order valence-electron chi connectivity index (χ2n) is 3.66. The van der Waals surface area contributed by atoms with Gasteiger partial charge in [0.25, 0.3) is 0 Å². The van der Waals surface area contributed by atoms with Crippen molar-refractivity contribution in [1.82, 2.24) is 0 Å². The molecule has 0 amide bonds. The SMILES string of the molecule is C[C@]1(C(=O)O)CC[C@@H](CO)C1. The van der Waals surface area contributed by atoms with Crippen LogP contribution < -0.4 is 0 Å². The van der Waals surface area contributed by atoms with E-state index in [1.165, 1.54) is 0 Å². The lowest BCUT2D eigenvalue weighted by atomic mass is 9.88. The van der Waals surface area contributed by atoms with E-state index in [1.54, 1.807) is 6.92 Å². The Hall–Kier alpha value is -0.570. The van der Waals surface area contributed by atoms with Crippen LogP contribution in [0.15, 0.2) is 0 Å². The monoisotopic (exact) mass is 158 g/mol. The first-order chi connectivity index (χ1) is 5.08. The molecule has 0 saturated heterocycles. The minimum Gasteiger partial charge on any atom is -0.481 e. The Bertz CT molecular complexity index is 167. The van der Waals surface area contributed by atoms with E-state index in [0.717, 1.165) is 6.42 Å². The summed E-state index contributed by atoms with van der Waals surface area (Å²) in [6.07, 6.45) is 2.17. The van der Waals surface area contributed by atoms with E-state index in [2.05, 4.69) is 0 Å². The maximum atomic E-state index is 10.7. The van der Waals surface area contributed by atoms with E-state index >= 15 is 0 Å². The fourth-order valence-electron chi connectivity index (χ4n) is 1.71. The average Bonchev–Trinajstić information content (AvgIpc) is 2.33. The lowest BCUT2D eigenvalue weighted by Gasteiger charge is -2.17. The number of rotatable bonds is 2. The number of aliphatic hydroxyl groups excluding tert-OH is 1. The summed E-state index contributed by atoms with van der Waals surface area (Å²) in [6, 6.07) is 0. The third-order valence-corrected chi connectivity index (χ3v) is 2.62. The van der Waals surface area contributed by atoms with Gasteiger partial charge >= 0.3 is 5.97 Å². The van der Waals surface area contributed by atoms with Gasteiger partial charge in [0.2, 0.25) is 0 Å². The van der Waals surface area contributed by atoms with Gasteiger partial charge in [0.1, 0.15) is 0 Å². The summed E-state index contributed by atoms with van der Waals surface area (Å²) in [5.41, 5.74) is -0.576. The van der Waals surface area contributed by atoms with Gasteiger partial charge in [0, 0.05) is 6.61 Å². The molecule has 1 rings (SSSR count). The highest BCUT2D eigenvalue weighted by molar-refractivity contribution is 5.74. The molecular formula is C8H14O3.